The molecule has 0 aromatic rings. The zero-order valence-corrected chi connectivity index (χ0v) is 6.01. The number of alkyl halides is 3. The summed E-state index contributed by atoms with van der Waals surface area (Å²) in [5.74, 6) is -1.83. The van der Waals surface area contributed by atoms with Crippen molar-refractivity contribution >= 4 is 6.29 Å². The molecule has 0 aromatic heterocycles. The first-order chi connectivity index (χ1) is 5.45. The largest absolute Gasteiger partial charge is 0.395 e. The molecule has 70 valence electrons. The van der Waals surface area contributed by atoms with Gasteiger partial charge in [0, 0.05) is 0 Å². The number of aliphatic hydroxyl groups excluding tert-OH is 1. The maximum atomic E-state index is 12.0. The lowest BCUT2D eigenvalue weighted by Crippen LogP contribution is -2.36. The third-order valence-corrected chi connectivity index (χ3v) is 1.86. The molecule has 1 heterocycles. The SMILES string of the molecule is O=C[C@@H]1C[C@@H](C(F)(F)F)C(O)N1. The number of aliphatic hydroxyl groups is 1. The van der Waals surface area contributed by atoms with Crippen molar-refractivity contribution in [3.63, 3.8) is 0 Å². The van der Waals surface area contributed by atoms with Crippen molar-refractivity contribution < 1.29 is 23.1 Å². The van der Waals surface area contributed by atoms with Crippen molar-refractivity contribution in [2.24, 2.45) is 5.92 Å². The van der Waals surface area contributed by atoms with Crippen LogP contribution in [0.1, 0.15) is 6.42 Å². The normalized spacial score (nSPS) is 36.8. The molecule has 2 N–H and O–H groups in total. The Balaban J connectivity index is 2.63. The van der Waals surface area contributed by atoms with Crippen LogP contribution in [0.2, 0.25) is 0 Å². The summed E-state index contributed by atoms with van der Waals surface area (Å²) < 4.78 is 36.0. The van der Waals surface area contributed by atoms with Crippen LogP contribution >= 0.6 is 0 Å². The molecule has 0 amide bonds. The lowest BCUT2D eigenvalue weighted by atomic mass is 10.0. The van der Waals surface area contributed by atoms with Crippen LogP contribution in [0.3, 0.4) is 0 Å². The van der Waals surface area contributed by atoms with Crippen LogP contribution in [-0.2, 0) is 4.79 Å². The minimum atomic E-state index is -4.44. The second kappa shape index (κ2) is 3.02. The minimum Gasteiger partial charge on any atom is -0.378 e. The third-order valence-electron chi connectivity index (χ3n) is 1.86. The molecule has 1 fully saturated rings. The van der Waals surface area contributed by atoms with Gasteiger partial charge in [-0.15, -0.1) is 0 Å². The lowest BCUT2D eigenvalue weighted by Gasteiger charge is -2.16. The van der Waals surface area contributed by atoms with E-state index in [2.05, 4.69) is 5.32 Å². The van der Waals surface area contributed by atoms with E-state index in [4.69, 9.17) is 5.11 Å². The van der Waals surface area contributed by atoms with Gasteiger partial charge in [-0.05, 0) is 6.42 Å². The molecule has 0 aliphatic carbocycles. The quantitative estimate of drug-likeness (QED) is 0.564. The van der Waals surface area contributed by atoms with Crippen LogP contribution < -0.4 is 5.32 Å². The number of aldehydes is 1. The molecule has 3 atom stereocenters. The Morgan fingerprint density at radius 1 is 1.50 bits per heavy atom. The molecule has 0 spiro atoms. The molecule has 0 aromatic carbocycles. The van der Waals surface area contributed by atoms with Gasteiger partial charge in [-0.2, -0.15) is 13.2 Å². The topological polar surface area (TPSA) is 49.3 Å². The predicted octanol–water partition coefficient (Wildman–Crippen LogP) is 0.0441. The summed E-state index contributed by atoms with van der Waals surface area (Å²) in [6.45, 7) is 0. The van der Waals surface area contributed by atoms with E-state index in [9.17, 15) is 18.0 Å². The standard InChI is InChI=1S/C6H8F3NO2/c7-6(8,9)4-1-3(2-11)10-5(4)12/h2-5,10,12H,1H2/t3-,4+,5?/m0/s1. The summed E-state index contributed by atoms with van der Waals surface area (Å²) in [6, 6.07) is -0.883. The molecule has 3 nitrogen and oxygen atoms in total. The zero-order valence-electron chi connectivity index (χ0n) is 6.01. The first-order valence-corrected chi connectivity index (χ1v) is 3.41. The van der Waals surface area contributed by atoms with Crippen LogP contribution in [-0.4, -0.2) is 29.8 Å². The maximum absolute atomic E-state index is 12.0. The fourth-order valence-corrected chi connectivity index (χ4v) is 1.21. The minimum absolute atomic E-state index is 0.370. The van der Waals surface area contributed by atoms with Crippen molar-refractivity contribution in [3.8, 4) is 0 Å². The lowest BCUT2D eigenvalue weighted by molar-refractivity contribution is -0.194. The van der Waals surface area contributed by atoms with E-state index in [1.54, 1.807) is 0 Å². The van der Waals surface area contributed by atoms with Crippen LogP contribution in [0.25, 0.3) is 0 Å². The Labute approximate surface area is 66.6 Å². The van der Waals surface area contributed by atoms with E-state index < -0.39 is 24.4 Å². The Bertz CT molecular complexity index is 182. The van der Waals surface area contributed by atoms with Gasteiger partial charge in [0.25, 0.3) is 0 Å². The van der Waals surface area contributed by atoms with E-state index in [1.165, 1.54) is 0 Å². The van der Waals surface area contributed by atoms with Gasteiger partial charge < -0.3 is 9.90 Å². The highest BCUT2D eigenvalue weighted by Crippen LogP contribution is 2.34. The summed E-state index contributed by atoms with van der Waals surface area (Å²) in [7, 11) is 0. The van der Waals surface area contributed by atoms with Crippen molar-refractivity contribution in [2.45, 2.75) is 24.9 Å². The predicted molar refractivity (Wildman–Crippen MR) is 33.2 cm³/mol. The smallest absolute Gasteiger partial charge is 0.378 e. The molecule has 1 aliphatic heterocycles. The fraction of sp³-hybridized carbons (Fsp3) is 0.833. The summed E-state index contributed by atoms with van der Waals surface area (Å²) in [4.78, 5) is 10.1. The Kier molecular flexibility index (Phi) is 2.39. The average molecular weight is 183 g/mol. The van der Waals surface area contributed by atoms with Gasteiger partial charge in [-0.3, -0.25) is 5.32 Å². The Morgan fingerprint density at radius 2 is 2.08 bits per heavy atom. The van der Waals surface area contributed by atoms with Crippen molar-refractivity contribution in [3.05, 3.63) is 0 Å². The highest BCUT2D eigenvalue weighted by molar-refractivity contribution is 5.58. The second-order valence-corrected chi connectivity index (χ2v) is 2.74. The highest BCUT2D eigenvalue weighted by atomic mass is 19.4. The molecule has 6 heteroatoms. The van der Waals surface area contributed by atoms with Crippen LogP contribution in [0, 0.1) is 5.92 Å². The summed E-state index contributed by atoms with van der Waals surface area (Å²) >= 11 is 0. The summed E-state index contributed by atoms with van der Waals surface area (Å²) in [6.07, 6.45) is -6.10. The molecule has 12 heavy (non-hydrogen) atoms. The molecule has 1 rings (SSSR count). The number of hydrogen-bond acceptors (Lipinski definition) is 3. The van der Waals surface area contributed by atoms with Gasteiger partial charge in [0.05, 0.1) is 12.0 Å². The highest BCUT2D eigenvalue weighted by Gasteiger charge is 2.49. The van der Waals surface area contributed by atoms with Crippen molar-refractivity contribution in [1.29, 1.82) is 0 Å². The van der Waals surface area contributed by atoms with Gasteiger partial charge >= 0.3 is 6.18 Å². The first kappa shape index (κ1) is 9.47. The number of carbonyl (C=O) groups is 1. The monoisotopic (exact) mass is 183 g/mol. The van der Waals surface area contributed by atoms with Crippen LogP contribution in [0.4, 0.5) is 13.2 Å². The fourth-order valence-electron chi connectivity index (χ4n) is 1.21. The van der Waals surface area contributed by atoms with E-state index in [1.807, 2.05) is 0 Å². The maximum Gasteiger partial charge on any atom is 0.395 e. The molecular formula is C6H8F3NO2. The van der Waals surface area contributed by atoms with Gasteiger partial charge in [0.2, 0.25) is 0 Å². The van der Waals surface area contributed by atoms with Gasteiger partial charge in [0.1, 0.15) is 12.5 Å². The number of carbonyl (C=O) groups excluding carboxylic acids is 1. The molecule has 0 bridgehead atoms. The van der Waals surface area contributed by atoms with Crippen LogP contribution in [0.5, 0.6) is 0 Å². The van der Waals surface area contributed by atoms with Crippen molar-refractivity contribution in [2.75, 3.05) is 0 Å². The summed E-state index contributed by atoms with van der Waals surface area (Å²) in [5, 5.41) is 11.0. The number of nitrogens with one attached hydrogen (secondary N) is 1. The van der Waals surface area contributed by atoms with E-state index in [0.29, 0.717) is 6.29 Å². The number of hydrogen-bond donors (Lipinski definition) is 2. The molecule has 0 radical (unpaired) electrons. The molecule has 1 aliphatic rings. The Morgan fingerprint density at radius 3 is 2.33 bits per heavy atom. The van der Waals surface area contributed by atoms with E-state index in [-0.39, 0.29) is 6.42 Å². The first-order valence-electron chi connectivity index (χ1n) is 3.41. The summed E-state index contributed by atoms with van der Waals surface area (Å²) in [5.41, 5.74) is 0. The van der Waals surface area contributed by atoms with Gasteiger partial charge in [-0.1, -0.05) is 0 Å². The van der Waals surface area contributed by atoms with Gasteiger partial charge in [-0.25, -0.2) is 0 Å². The molecule has 0 saturated carbocycles. The van der Waals surface area contributed by atoms with Crippen molar-refractivity contribution in [1.82, 2.24) is 5.32 Å². The number of halogens is 3. The molecule has 1 unspecified atom stereocenters. The Hall–Kier alpha value is -0.620. The van der Waals surface area contributed by atoms with E-state index in [0.717, 1.165) is 0 Å². The zero-order chi connectivity index (χ0) is 9.35. The average Bonchev–Trinajstić information content (AvgIpc) is 2.29. The van der Waals surface area contributed by atoms with Gasteiger partial charge in [0.15, 0.2) is 0 Å². The van der Waals surface area contributed by atoms with E-state index >= 15 is 0 Å². The number of rotatable bonds is 1. The molecular weight excluding hydrogens is 175 g/mol. The third kappa shape index (κ3) is 1.75. The molecule has 1 saturated heterocycles. The van der Waals surface area contributed by atoms with Crippen LogP contribution in [0.15, 0.2) is 0 Å². The second-order valence-electron chi connectivity index (χ2n) is 2.74.